The summed E-state index contributed by atoms with van der Waals surface area (Å²) in [5.41, 5.74) is 2.45. The number of aryl methyl sites for hydroxylation is 2. The first-order chi connectivity index (χ1) is 10.2. The van der Waals surface area contributed by atoms with E-state index in [1.807, 2.05) is 84.0 Å². The topological polar surface area (TPSA) is 9.23 Å². The van der Waals surface area contributed by atoms with E-state index in [9.17, 15) is 0 Å². The normalized spacial score (nSPS) is 8.00. The Morgan fingerprint density at radius 2 is 1.00 bits per heavy atom. The second-order valence-corrected chi connectivity index (χ2v) is 3.74. The second kappa shape index (κ2) is 14.6. The highest BCUT2D eigenvalue weighted by Crippen LogP contribution is 2.23. The van der Waals surface area contributed by atoms with Gasteiger partial charge in [-0.15, -0.1) is 0 Å². The average Bonchev–Trinajstić information content (AvgIpc) is 2.53. The average molecular weight is 288 g/mol. The number of hydrogen-bond donors (Lipinski definition) is 0. The smallest absolute Gasteiger partial charge is 0.127 e. The molecule has 2 aromatic carbocycles. The fourth-order valence-electron chi connectivity index (χ4n) is 1.62. The van der Waals surface area contributed by atoms with E-state index in [4.69, 9.17) is 4.74 Å². The van der Waals surface area contributed by atoms with Gasteiger partial charge >= 0.3 is 0 Å². The first-order valence-electron chi connectivity index (χ1n) is 8.05. The first kappa shape index (κ1) is 21.5. The Morgan fingerprint density at radius 3 is 1.43 bits per heavy atom. The Balaban J connectivity index is 0. The molecule has 2 rings (SSSR count). The van der Waals surface area contributed by atoms with Crippen LogP contribution in [0.25, 0.3) is 0 Å². The van der Waals surface area contributed by atoms with Crippen LogP contribution in [0.3, 0.4) is 0 Å². The molecule has 0 atom stereocenters. The largest absolute Gasteiger partial charge is 0.457 e. The highest BCUT2D eigenvalue weighted by atomic mass is 16.5. The van der Waals surface area contributed by atoms with Crippen molar-refractivity contribution >= 4 is 0 Å². The summed E-state index contributed by atoms with van der Waals surface area (Å²) in [5.74, 6) is 1.78. The van der Waals surface area contributed by atoms with Gasteiger partial charge in [-0.3, -0.25) is 0 Å². The van der Waals surface area contributed by atoms with Gasteiger partial charge in [0.15, 0.2) is 0 Å². The van der Waals surface area contributed by atoms with E-state index >= 15 is 0 Å². The second-order valence-electron chi connectivity index (χ2n) is 3.74. The number of para-hydroxylation sites is 1. The lowest BCUT2D eigenvalue weighted by Crippen LogP contribution is -1.85. The molecule has 1 nitrogen and oxygen atoms in total. The standard InChI is InChI=1S/C14H14O.3C2H6/c1-11-8-12(2)10-14(9-11)15-13-6-4-3-5-7-13;3*1-2/h3-10H,1-2H3;3*1-2H3. The molecule has 0 spiro atoms. The van der Waals surface area contributed by atoms with Crippen molar-refractivity contribution in [2.75, 3.05) is 0 Å². The van der Waals surface area contributed by atoms with Gasteiger partial charge in [-0.05, 0) is 49.2 Å². The van der Waals surface area contributed by atoms with E-state index in [0.717, 1.165) is 11.5 Å². The van der Waals surface area contributed by atoms with Crippen molar-refractivity contribution in [3.05, 3.63) is 59.7 Å². The molecular formula is C20H32O. The lowest BCUT2D eigenvalue weighted by molar-refractivity contribution is 0.482. The van der Waals surface area contributed by atoms with E-state index in [-0.39, 0.29) is 0 Å². The fourth-order valence-corrected chi connectivity index (χ4v) is 1.62. The van der Waals surface area contributed by atoms with Gasteiger partial charge in [0.25, 0.3) is 0 Å². The third kappa shape index (κ3) is 9.73. The van der Waals surface area contributed by atoms with E-state index in [2.05, 4.69) is 19.9 Å². The molecule has 2 aromatic rings. The molecule has 21 heavy (non-hydrogen) atoms. The summed E-state index contributed by atoms with van der Waals surface area (Å²) in [7, 11) is 0. The van der Waals surface area contributed by atoms with Gasteiger partial charge in [0.05, 0.1) is 0 Å². The van der Waals surface area contributed by atoms with Crippen LogP contribution in [0, 0.1) is 13.8 Å². The maximum Gasteiger partial charge on any atom is 0.127 e. The first-order valence-corrected chi connectivity index (χ1v) is 8.05. The molecule has 0 aliphatic heterocycles. The van der Waals surface area contributed by atoms with E-state index in [1.165, 1.54) is 11.1 Å². The monoisotopic (exact) mass is 288 g/mol. The molecule has 0 aliphatic carbocycles. The molecule has 118 valence electrons. The molecule has 0 aliphatic rings. The predicted octanol–water partition coefficient (Wildman–Crippen LogP) is 7.17. The van der Waals surface area contributed by atoms with Crippen molar-refractivity contribution < 1.29 is 4.74 Å². The SMILES string of the molecule is CC.CC.CC.Cc1cc(C)cc(Oc2ccccc2)c1. The lowest BCUT2D eigenvalue weighted by atomic mass is 10.1. The third-order valence-electron chi connectivity index (χ3n) is 2.17. The molecule has 0 N–H and O–H groups in total. The highest BCUT2D eigenvalue weighted by molar-refractivity contribution is 5.36. The van der Waals surface area contributed by atoms with Crippen molar-refractivity contribution in [3.8, 4) is 11.5 Å². The van der Waals surface area contributed by atoms with Crippen molar-refractivity contribution in [2.24, 2.45) is 0 Å². The minimum absolute atomic E-state index is 0.877. The number of rotatable bonds is 2. The summed E-state index contributed by atoms with van der Waals surface area (Å²) in [6.07, 6.45) is 0. The van der Waals surface area contributed by atoms with Gasteiger partial charge < -0.3 is 4.74 Å². The maximum absolute atomic E-state index is 5.74. The molecule has 0 bridgehead atoms. The van der Waals surface area contributed by atoms with Crippen molar-refractivity contribution in [3.63, 3.8) is 0 Å². The van der Waals surface area contributed by atoms with Crippen LogP contribution in [-0.2, 0) is 0 Å². The molecule has 0 amide bonds. The van der Waals surface area contributed by atoms with Crippen LogP contribution in [0.1, 0.15) is 52.7 Å². The summed E-state index contributed by atoms with van der Waals surface area (Å²) >= 11 is 0. The van der Waals surface area contributed by atoms with Crippen LogP contribution in [0.4, 0.5) is 0 Å². The van der Waals surface area contributed by atoms with Gasteiger partial charge in [0.2, 0.25) is 0 Å². The van der Waals surface area contributed by atoms with E-state index in [1.54, 1.807) is 0 Å². The van der Waals surface area contributed by atoms with E-state index < -0.39 is 0 Å². The Labute approximate surface area is 132 Å². The zero-order valence-corrected chi connectivity index (χ0v) is 15.0. The van der Waals surface area contributed by atoms with Gasteiger partial charge in [0, 0.05) is 0 Å². The van der Waals surface area contributed by atoms with Crippen LogP contribution in [-0.4, -0.2) is 0 Å². The molecule has 0 heterocycles. The van der Waals surface area contributed by atoms with Crippen LogP contribution in [0.2, 0.25) is 0 Å². The Kier molecular flexibility index (Phi) is 15.0. The summed E-state index contributed by atoms with van der Waals surface area (Å²) in [6, 6.07) is 16.1. The number of hydrogen-bond acceptors (Lipinski definition) is 1. The van der Waals surface area contributed by atoms with Crippen molar-refractivity contribution in [1.29, 1.82) is 0 Å². The van der Waals surface area contributed by atoms with Gasteiger partial charge in [0.1, 0.15) is 11.5 Å². The molecular weight excluding hydrogens is 256 g/mol. The molecule has 0 radical (unpaired) electrons. The summed E-state index contributed by atoms with van der Waals surface area (Å²) in [5, 5.41) is 0. The molecule has 0 saturated carbocycles. The Morgan fingerprint density at radius 1 is 0.571 bits per heavy atom. The van der Waals surface area contributed by atoms with Gasteiger partial charge in [-0.1, -0.05) is 65.8 Å². The minimum atomic E-state index is 0.877. The zero-order valence-electron chi connectivity index (χ0n) is 15.0. The predicted molar refractivity (Wildman–Crippen MR) is 96.5 cm³/mol. The van der Waals surface area contributed by atoms with Gasteiger partial charge in [-0.25, -0.2) is 0 Å². The minimum Gasteiger partial charge on any atom is -0.457 e. The fraction of sp³-hybridized carbons (Fsp3) is 0.400. The van der Waals surface area contributed by atoms with Crippen LogP contribution >= 0.6 is 0 Å². The van der Waals surface area contributed by atoms with Crippen molar-refractivity contribution in [2.45, 2.75) is 55.4 Å². The van der Waals surface area contributed by atoms with Gasteiger partial charge in [-0.2, -0.15) is 0 Å². The number of benzene rings is 2. The quantitative estimate of drug-likeness (QED) is 0.569. The van der Waals surface area contributed by atoms with Crippen LogP contribution in [0.15, 0.2) is 48.5 Å². The number of ether oxygens (including phenoxy) is 1. The molecule has 1 heteroatoms. The van der Waals surface area contributed by atoms with Crippen molar-refractivity contribution in [1.82, 2.24) is 0 Å². The molecule has 0 fully saturated rings. The van der Waals surface area contributed by atoms with E-state index in [0.29, 0.717) is 0 Å². The maximum atomic E-state index is 5.74. The lowest BCUT2D eigenvalue weighted by Gasteiger charge is -2.07. The summed E-state index contributed by atoms with van der Waals surface area (Å²) in [4.78, 5) is 0. The summed E-state index contributed by atoms with van der Waals surface area (Å²) in [6.45, 7) is 16.1. The molecule has 0 saturated heterocycles. The third-order valence-corrected chi connectivity index (χ3v) is 2.17. The van der Waals surface area contributed by atoms with Crippen LogP contribution in [0.5, 0.6) is 11.5 Å². The highest BCUT2D eigenvalue weighted by Gasteiger charge is 1.98. The summed E-state index contributed by atoms with van der Waals surface area (Å²) < 4.78 is 5.74. The zero-order chi connectivity index (χ0) is 16.7. The van der Waals surface area contributed by atoms with Crippen LogP contribution < -0.4 is 4.74 Å². The Hall–Kier alpha value is -1.76. The Bertz CT molecular complexity index is 426. The molecule has 0 aromatic heterocycles. The molecule has 0 unspecified atom stereocenters.